The summed E-state index contributed by atoms with van der Waals surface area (Å²) >= 11 is 3.00. The second-order valence-corrected chi connectivity index (χ2v) is 5.80. The molecule has 3 rings (SSSR count). The molecule has 0 bridgehead atoms. The fourth-order valence-corrected chi connectivity index (χ4v) is 3.40. The van der Waals surface area contributed by atoms with Crippen molar-refractivity contribution in [3.63, 3.8) is 0 Å². The van der Waals surface area contributed by atoms with Gasteiger partial charge in [0.15, 0.2) is 4.34 Å². The standard InChI is InChI=1S/C12H10N4S2/c1-7-15-12(18-16-7)17-10-5-4-9(13)11-8(10)3-2-6-14-11/h2-6H,13H2,1H3. The van der Waals surface area contributed by atoms with Gasteiger partial charge in [0.1, 0.15) is 5.82 Å². The number of hydrogen-bond donors (Lipinski definition) is 1. The largest absolute Gasteiger partial charge is 0.397 e. The Bertz CT molecular complexity index is 708. The minimum atomic E-state index is 0.698. The highest BCUT2D eigenvalue weighted by atomic mass is 32.2. The van der Waals surface area contributed by atoms with Crippen LogP contribution in [0.1, 0.15) is 5.82 Å². The normalized spacial score (nSPS) is 10.9. The number of pyridine rings is 1. The van der Waals surface area contributed by atoms with Gasteiger partial charge in [-0.05, 0) is 36.7 Å². The zero-order valence-electron chi connectivity index (χ0n) is 9.62. The second-order valence-electron chi connectivity index (χ2n) is 3.76. The molecule has 0 aliphatic heterocycles. The molecule has 0 atom stereocenters. The number of anilines is 1. The summed E-state index contributed by atoms with van der Waals surface area (Å²) in [6.07, 6.45) is 1.75. The number of benzene rings is 1. The second kappa shape index (κ2) is 4.55. The van der Waals surface area contributed by atoms with Gasteiger partial charge in [-0.15, -0.1) is 0 Å². The number of aromatic nitrogens is 3. The molecule has 0 radical (unpaired) electrons. The van der Waals surface area contributed by atoms with Gasteiger partial charge in [-0.3, -0.25) is 4.98 Å². The predicted molar refractivity (Wildman–Crippen MR) is 74.9 cm³/mol. The lowest BCUT2D eigenvalue weighted by atomic mass is 10.2. The summed E-state index contributed by atoms with van der Waals surface area (Å²) in [6, 6.07) is 7.82. The first-order valence-corrected chi connectivity index (χ1v) is 6.94. The van der Waals surface area contributed by atoms with Gasteiger partial charge in [-0.2, -0.15) is 4.37 Å². The molecule has 0 aliphatic rings. The minimum Gasteiger partial charge on any atom is -0.397 e. The van der Waals surface area contributed by atoms with Crippen LogP contribution in [0.25, 0.3) is 10.9 Å². The van der Waals surface area contributed by atoms with Crippen LogP contribution < -0.4 is 5.73 Å². The van der Waals surface area contributed by atoms with E-state index in [1.807, 2.05) is 31.2 Å². The van der Waals surface area contributed by atoms with Crippen LogP contribution in [0.3, 0.4) is 0 Å². The van der Waals surface area contributed by atoms with E-state index in [1.165, 1.54) is 11.5 Å². The SMILES string of the molecule is Cc1nsc(Sc2ccc(N)c3ncccc23)n1. The Kier molecular flexibility index (Phi) is 2.89. The van der Waals surface area contributed by atoms with Crippen molar-refractivity contribution in [3.05, 3.63) is 36.3 Å². The fraction of sp³-hybridized carbons (Fsp3) is 0.0833. The van der Waals surface area contributed by atoms with Gasteiger partial charge in [0.25, 0.3) is 0 Å². The third-order valence-corrected chi connectivity index (χ3v) is 4.39. The Morgan fingerprint density at radius 3 is 2.94 bits per heavy atom. The summed E-state index contributed by atoms with van der Waals surface area (Å²) in [6.45, 7) is 1.89. The van der Waals surface area contributed by atoms with E-state index in [0.717, 1.165) is 26.0 Å². The number of nitrogens with zero attached hydrogens (tertiary/aromatic N) is 3. The van der Waals surface area contributed by atoms with Crippen molar-refractivity contribution in [2.24, 2.45) is 0 Å². The van der Waals surface area contributed by atoms with Crippen LogP contribution in [0.4, 0.5) is 5.69 Å². The van der Waals surface area contributed by atoms with Crippen LogP contribution >= 0.6 is 23.3 Å². The summed E-state index contributed by atoms with van der Waals surface area (Å²) in [5.41, 5.74) is 7.46. The maximum atomic E-state index is 5.93. The van der Waals surface area contributed by atoms with Crippen LogP contribution in [0.15, 0.2) is 39.7 Å². The number of rotatable bonds is 2. The zero-order chi connectivity index (χ0) is 12.5. The molecule has 2 aromatic heterocycles. The molecule has 0 spiro atoms. The van der Waals surface area contributed by atoms with Crippen molar-refractivity contribution < 1.29 is 0 Å². The number of aryl methyl sites for hydroxylation is 1. The Balaban J connectivity index is 2.09. The van der Waals surface area contributed by atoms with Gasteiger partial charge in [-0.25, -0.2) is 4.98 Å². The number of fused-ring (bicyclic) bond motifs is 1. The van der Waals surface area contributed by atoms with Gasteiger partial charge < -0.3 is 5.73 Å². The summed E-state index contributed by atoms with van der Waals surface area (Å²) in [7, 11) is 0. The van der Waals surface area contributed by atoms with Crippen molar-refractivity contribution in [3.8, 4) is 0 Å². The highest BCUT2D eigenvalue weighted by Crippen LogP contribution is 2.35. The lowest BCUT2D eigenvalue weighted by molar-refractivity contribution is 1.10. The Morgan fingerprint density at radius 1 is 1.28 bits per heavy atom. The van der Waals surface area contributed by atoms with Crippen LogP contribution in [0.5, 0.6) is 0 Å². The number of hydrogen-bond acceptors (Lipinski definition) is 6. The van der Waals surface area contributed by atoms with E-state index in [4.69, 9.17) is 5.73 Å². The van der Waals surface area contributed by atoms with Gasteiger partial charge >= 0.3 is 0 Å². The van der Waals surface area contributed by atoms with Crippen molar-refractivity contribution in [1.82, 2.24) is 14.3 Å². The van der Waals surface area contributed by atoms with E-state index >= 15 is 0 Å². The molecule has 0 unspecified atom stereocenters. The molecule has 90 valence electrons. The third-order valence-electron chi connectivity index (χ3n) is 2.47. The highest BCUT2D eigenvalue weighted by Gasteiger charge is 2.08. The lowest BCUT2D eigenvalue weighted by Crippen LogP contribution is -1.90. The summed E-state index contributed by atoms with van der Waals surface area (Å²) in [5, 5.41) is 1.05. The van der Waals surface area contributed by atoms with E-state index in [0.29, 0.717) is 5.69 Å². The molecule has 0 saturated carbocycles. The maximum absolute atomic E-state index is 5.93. The topological polar surface area (TPSA) is 64.7 Å². The first-order chi connectivity index (χ1) is 8.74. The molecule has 1 aromatic carbocycles. The zero-order valence-corrected chi connectivity index (χ0v) is 11.3. The van der Waals surface area contributed by atoms with E-state index in [2.05, 4.69) is 14.3 Å². The van der Waals surface area contributed by atoms with E-state index in [9.17, 15) is 0 Å². The minimum absolute atomic E-state index is 0.698. The van der Waals surface area contributed by atoms with Gasteiger partial charge in [0.2, 0.25) is 0 Å². The average Bonchev–Trinajstić information content (AvgIpc) is 2.79. The molecule has 0 aliphatic carbocycles. The number of nitrogen functional groups attached to an aromatic ring is 1. The Morgan fingerprint density at radius 2 is 2.17 bits per heavy atom. The van der Waals surface area contributed by atoms with Crippen LogP contribution in [0.2, 0.25) is 0 Å². The summed E-state index contributed by atoms with van der Waals surface area (Å²) < 4.78 is 5.11. The molecular formula is C12H10N4S2. The first kappa shape index (κ1) is 11.4. The predicted octanol–water partition coefficient (Wildman–Crippen LogP) is 3.13. The smallest absolute Gasteiger partial charge is 0.174 e. The van der Waals surface area contributed by atoms with Crippen LogP contribution in [-0.2, 0) is 0 Å². The molecule has 2 N–H and O–H groups in total. The molecule has 0 fully saturated rings. The first-order valence-electron chi connectivity index (χ1n) is 5.35. The van der Waals surface area contributed by atoms with Crippen molar-refractivity contribution in [2.75, 3.05) is 5.73 Å². The molecule has 18 heavy (non-hydrogen) atoms. The van der Waals surface area contributed by atoms with Gasteiger partial charge in [0, 0.05) is 16.5 Å². The molecule has 6 heteroatoms. The molecular weight excluding hydrogens is 264 g/mol. The molecule has 2 heterocycles. The third kappa shape index (κ3) is 2.04. The molecule has 0 saturated heterocycles. The van der Waals surface area contributed by atoms with E-state index in [1.54, 1.807) is 18.0 Å². The quantitative estimate of drug-likeness (QED) is 0.727. The fourth-order valence-electron chi connectivity index (χ4n) is 1.67. The highest BCUT2D eigenvalue weighted by molar-refractivity contribution is 8.01. The summed E-state index contributed by atoms with van der Waals surface area (Å²) in [5.74, 6) is 0.806. The van der Waals surface area contributed by atoms with Crippen LogP contribution in [0, 0.1) is 6.92 Å². The van der Waals surface area contributed by atoms with Gasteiger partial charge in [-0.1, -0.05) is 17.8 Å². The molecule has 0 amide bonds. The lowest BCUT2D eigenvalue weighted by Gasteiger charge is -2.05. The monoisotopic (exact) mass is 274 g/mol. The summed E-state index contributed by atoms with van der Waals surface area (Å²) in [4.78, 5) is 9.77. The molecule has 3 aromatic rings. The maximum Gasteiger partial charge on any atom is 0.174 e. The van der Waals surface area contributed by atoms with Crippen molar-refractivity contribution in [2.45, 2.75) is 16.2 Å². The average molecular weight is 274 g/mol. The van der Waals surface area contributed by atoms with Crippen molar-refractivity contribution in [1.29, 1.82) is 0 Å². The van der Waals surface area contributed by atoms with E-state index < -0.39 is 0 Å². The Labute approximate surface area is 112 Å². The molecule has 4 nitrogen and oxygen atoms in total. The van der Waals surface area contributed by atoms with E-state index in [-0.39, 0.29) is 0 Å². The Hall–Kier alpha value is -1.66. The van der Waals surface area contributed by atoms with Crippen molar-refractivity contribution >= 4 is 39.9 Å². The van der Waals surface area contributed by atoms with Crippen LogP contribution in [-0.4, -0.2) is 14.3 Å². The van der Waals surface area contributed by atoms with Gasteiger partial charge in [0.05, 0.1) is 11.2 Å². The number of nitrogens with two attached hydrogens (primary N) is 1.